The fourth-order valence-corrected chi connectivity index (χ4v) is 3.91. The van der Waals surface area contributed by atoms with Crippen LogP contribution in [0.2, 0.25) is 0 Å². The number of hydrogen-bond acceptors (Lipinski definition) is 8. The first-order valence-electron chi connectivity index (χ1n) is 10.6. The van der Waals surface area contributed by atoms with Gasteiger partial charge in [-0.2, -0.15) is 0 Å². The number of unbranched alkanes of at least 4 members (excludes halogenated alkanes) is 1. The van der Waals surface area contributed by atoms with Crippen molar-refractivity contribution in [2.45, 2.75) is 38.6 Å². The number of piperidine rings is 1. The van der Waals surface area contributed by atoms with Gasteiger partial charge in [0.15, 0.2) is 0 Å². The number of imide groups is 2. The van der Waals surface area contributed by atoms with Crippen LogP contribution in [0.3, 0.4) is 0 Å². The average Bonchev–Trinajstić information content (AvgIpc) is 3.02. The van der Waals surface area contributed by atoms with Crippen LogP contribution in [-0.4, -0.2) is 57.6 Å². The number of fused-ring (bicyclic) bond motifs is 1. The fraction of sp³-hybridized carbons (Fsp3) is 0.364. The predicted octanol–water partition coefficient (Wildman–Crippen LogP) is 1.49. The summed E-state index contributed by atoms with van der Waals surface area (Å²) in [5.74, 6) is -0.536. The third-order valence-corrected chi connectivity index (χ3v) is 5.47. The van der Waals surface area contributed by atoms with E-state index in [1.165, 1.54) is 0 Å². The van der Waals surface area contributed by atoms with E-state index >= 15 is 0 Å². The molecule has 10 nitrogen and oxygen atoms in total. The minimum atomic E-state index is -0.968. The van der Waals surface area contributed by atoms with Crippen LogP contribution in [0.4, 0.5) is 11.5 Å². The summed E-state index contributed by atoms with van der Waals surface area (Å²) in [5.41, 5.74) is 1.11. The molecule has 1 unspecified atom stereocenters. The van der Waals surface area contributed by atoms with Crippen LogP contribution in [0.5, 0.6) is 0 Å². The average molecular weight is 436 g/mol. The number of aryl methyl sites for hydroxylation is 1. The molecule has 4 amide bonds. The zero-order valence-corrected chi connectivity index (χ0v) is 17.7. The van der Waals surface area contributed by atoms with Crippen molar-refractivity contribution in [2.75, 3.05) is 23.7 Å². The molecule has 1 aromatic carbocycles. The monoisotopic (exact) mass is 436 g/mol. The Morgan fingerprint density at radius 1 is 1.06 bits per heavy atom. The normalized spacial score (nSPS) is 17.9. The van der Waals surface area contributed by atoms with E-state index in [1.807, 2.05) is 13.0 Å². The van der Waals surface area contributed by atoms with Crippen molar-refractivity contribution >= 4 is 35.1 Å². The second-order valence-electron chi connectivity index (χ2n) is 7.73. The molecule has 4 rings (SSSR count). The van der Waals surface area contributed by atoms with Crippen LogP contribution in [-0.2, 0) is 9.59 Å². The van der Waals surface area contributed by atoms with Crippen molar-refractivity contribution < 1.29 is 19.2 Å². The lowest BCUT2D eigenvalue weighted by Gasteiger charge is -2.27. The minimum absolute atomic E-state index is 0.0948. The molecule has 0 aliphatic carbocycles. The van der Waals surface area contributed by atoms with Gasteiger partial charge in [-0.15, -0.1) is 0 Å². The highest BCUT2D eigenvalue weighted by Gasteiger charge is 2.45. The molecular weight excluding hydrogens is 412 g/mol. The Balaban J connectivity index is 1.34. The second-order valence-corrected chi connectivity index (χ2v) is 7.73. The summed E-state index contributed by atoms with van der Waals surface area (Å²) >= 11 is 0. The number of aromatic nitrogens is 2. The molecule has 1 aromatic heterocycles. The molecule has 0 radical (unpaired) electrons. The first kappa shape index (κ1) is 21.4. The predicted molar refractivity (Wildman–Crippen MR) is 116 cm³/mol. The summed E-state index contributed by atoms with van der Waals surface area (Å²) in [6, 6.07) is 5.89. The summed E-state index contributed by atoms with van der Waals surface area (Å²) < 4.78 is 0. The highest BCUT2D eigenvalue weighted by molar-refractivity contribution is 6.25. The van der Waals surface area contributed by atoms with Gasteiger partial charge in [0.25, 0.3) is 11.8 Å². The maximum atomic E-state index is 13.1. The number of carbonyl (C=O) groups excluding carboxylic acids is 4. The molecule has 0 saturated carbocycles. The van der Waals surface area contributed by atoms with E-state index in [1.54, 1.807) is 24.4 Å². The zero-order chi connectivity index (χ0) is 22.7. The quantitative estimate of drug-likeness (QED) is 0.419. The Morgan fingerprint density at radius 3 is 2.59 bits per heavy atom. The molecule has 2 aliphatic heterocycles. The molecule has 1 atom stereocenters. The third-order valence-electron chi connectivity index (χ3n) is 5.47. The van der Waals surface area contributed by atoms with Gasteiger partial charge < -0.3 is 10.6 Å². The van der Waals surface area contributed by atoms with Crippen molar-refractivity contribution in [3.63, 3.8) is 0 Å². The molecule has 3 N–H and O–H groups in total. The summed E-state index contributed by atoms with van der Waals surface area (Å²) in [6.07, 6.45) is 3.65. The Bertz CT molecular complexity index is 1090. The molecule has 166 valence electrons. The Labute approximate surface area is 184 Å². The SMILES string of the molecule is Cc1nccc(NCCCCNc2cccc3c2C(=O)N(C2CCC(=O)NC2=O)C3=O)n1. The Kier molecular flexibility index (Phi) is 6.11. The zero-order valence-electron chi connectivity index (χ0n) is 17.7. The Morgan fingerprint density at radius 2 is 1.84 bits per heavy atom. The second kappa shape index (κ2) is 9.13. The van der Waals surface area contributed by atoms with E-state index in [2.05, 4.69) is 25.9 Å². The topological polar surface area (TPSA) is 133 Å². The third kappa shape index (κ3) is 4.29. The van der Waals surface area contributed by atoms with Crippen molar-refractivity contribution in [1.29, 1.82) is 0 Å². The molecule has 3 heterocycles. The minimum Gasteiger partial charge on any atom is -0.384 e. The van der Waals surface area contributed by atoms with E-state index in [-0.39, 0.29) is 24.0 Å². The summed E-state index contributed by atoms with van der Waals surface area (Å²) in [4.78, 5) is 58.9. The van der Waals surface area contributed by atoms with Crippen LogP contribution in [0.15, 0.2) is 30.5 Å². The number of hydrogen-bond donors (Lipinski definition) is 3. The van der Waals surface area contributed by atoms with Gasteiger partial charge in [-0.25, -0.2) is 9.97 Å². The molecule has 0 spiro atoms. The van der Waals surface area contributed by atoms with Gasteiger partial charge >= 0.3 is 0 Å². The molecule has 1 fully saturated rings. The van der Waals surface area contributed by atoms with E-state index in [0.717, 1.165) is 30.1 Å². The largest absolute Gasteiger partial charge is 0.384 e. The van der Waals surface area contributed by atoms with Crippen molar-refractivity contribution in [3.8, 4) is 0 Å². The first-order valence-corrected chi connectivity index (χ1v) is 10.6. The number of nitrogens with zero attached hydrogens (tertiary/aromatic N) is 3. The number of amides is 4. The number of benzene rings is 1. The lowest BCUT2D eigenvalue weighted by molar-refractivity contribution is -0.136. The molecule has 10 heteroatoms. The number of anilines is 2. The highest BCUT2D eigenvalue weighted by Crippen LogP contribution is 2.32. The maximum absolute atomic E-state index is 13.1. The van der Waals surface area contributed by atoms with E-state index in [0.29, 0.717) is 18.1 Å². The standard InChI is InChI=1S/C22H24N6O4/c1-13-23-12-9-17(26-13)25-11-3-2-10-24-15-6-4-5-14-19(15)22(32)28(21(14)31)16-7-8-18(29)27-20(16)30/h4-6,9,12,16,24H,2-3,7-8,10-11H2,1H3,(H,23,25,26)(H,27,29,30). The van der Waals surface area contributed by atoms with Gasteiger partial charge in [0.05, 0.1) is 11.1 Å². The van der Waals surface area contributed by atoms with Crippen LogP contribution in [0, 0.1) is 6.92 Å². The summed E-state index contributed by atoms with van der Waals surface area (Å²) in [6.45, 7) is 3.19. The summed E-state index contributed by atoms with van der Waals surface area (Å²) in [7, 11) is 0. The van der Waals surface area contributed by atoms with E-state index < -0.39 is 29.7 Å². The molecule has 1 saturated heterocycles. The van der Waals surface area contributed by atoms with Crippen LogP contribution in [0.25, 0.3) is 0 Å². The van der Waals surface area contributed by atoms with Crippen molar-refractivity contribution in [1.82, 2.24) is 20.2 Å². The lowest BCUT2D eigenvalue weighted by atomic mass is 10.0. The van der Waals surface area contributed by atoms with Gasteiger partial charge in [-0.1, -0.05) is 6.07 Å². The molecule has 0 bridgehead atoms. The number of rotatable bonds is 8. The molecule has 32 heavy (non-hydrogen) atoms. The maximum Gasteiger partial charge on any atom is 0.264 e. The molecule has 2 aromatic rings. The van der Waals surface area contributed by atoms with Crippen LogP contribution < -0.4 is 16.0 Å². The van der Waals surface area contributed by atoms with E-state index in [4.69, 9.17) is 0 Å². The van der Waals surface area contributed by atoms with Crippen LogP contribution in [0.1, 0.15) is 52.2 Å². The van der Waals surface area contributed by atoms with Gasteiger partial charge in [0.1, 0.15) is 17.7 Å². The molecule has 2 aliphatic rings. The van der Waals surface area contributed by atoms with Crippen LogP contribution >= 0.6 is 0 Å². The Hall–Kier alpha value is -3.82. The first-order chi connectivity index (χ1) is 15.5. The van der Waals surface area contributed by atoms with Gasteiger partial charge in [-0.3, -0.25) is 29.4 Å². The van der Waals surface area contributed by atoms with E-state index in [9.17, 15) is 19.2 Å². The highest BCUT2D eigenvalue weighted by atomic mass is 16.2. The van der Waals surface area contributed by atoms with Gasteiger partial charge in [0, 0.05) is 31.4 Å². The van der Waals surface area contributed by atoms with Gasteiger partial charge in [-0.05, 0) is 44.4 Å². The fourth-order valence-electron chi connectivity index (χ4n) is 3.91. The number of nitrogens with one attached hydrogen (secondary N) is 3. The van der Waals surface area contributed by atoms with Gasteiger partial charge in [0.2, 0.25) is 11.8 Å². The lowest BCUT2D eigenvalue weighted by Crippen LogP contribution is -2.54. The van der Waals surface area contributed by atoms with Crippen molar-refractivity contribution in [2.24, 2.45) is 0 Å². The van der Waals surface area contributed by atoms with Crippen molar-refractivity contribution in [3.05, 3.63) is 47.4 Å². The number of carbonyl (C=O) groups is 4. The molecular formula is C22H24N6O4. The summed E-state index contributed by atoms with van der Waals surface area (Å²) in [5, 5.41) is 8.68. The smallest absolute Gasteiger partial charge is 0.264 e.